The van der Waals surface area contributed by atoms with Gasteiger partial charge in [-0.15, -0.1) is 0 Å². The van der Waals surface area contributed by atoms with Crippen LogP contribution in [0.15, 0.2) is 17.7 Å². The van der Waals surface area contributed by atoms with E-state index < -0.39 is 0 Å². The van der Waals surface area contributed by atoms with Crippen molar-refractivity contribution in [3.63, 3.8) is 0 Å². The topological polar surface area (TPSA) is 46.5 Å². The molecule has 94 valence electrons. The van der Waals surface area contributed by atoms with Gasteiger partial charge in [-0.2, -0.15) is 0 Å². The normalized spacial score (nSPS) is 18.4. The smallest absolute Gasteiger partial charge is 0.159 e. The number of rotatable bonds is 1. The Morgan fingerprint density at radius 3 is 2.67 bits per heavy atom. The summed E-state index contributed by atoms with van der Waals surface area (Å²) in [6.07, 6.45) is 4.00. The first-order valence-electron chi connectivity index (χ1n) is 6.36. The van der Waals surface area contributed by atoms with Gasteiger partial charge in [0.15, 0.2) is 5.78 Å². The van der Waals surface area contributed by atoms with Crippen molar-refractivity contribution in [3.05, 3.63) is 28.8 Å². The summed E-state index contributed by atoms with van der Waals surface area (Å²) >= 11 is 0. The van der Waals surface area contributed by atoms with E-state index in [4.69, 9.17) is 4.74 Å². The second-order valence-electron chi connectivity index (χ2n) is 4.91. The number of phenols is 1. The maximum Gasteiger partial charge on any atom is 0.159 e. The van der Waals surface area contributed by atoms with Gasteiger partial charge in [0.1, 0.15) is 11.5 Å². The Morgan fingerprint density at radius 1 is 1.11 bits per heavy atom. The maximum absolute atomic E-state index is 12.1. The Kier molecular flexibility index (Phi) is 2.62. The van der Waals surface area contributed by atoms with Crippen molar-refractivity contribution in [2.45, 2.75) is 32.1 Å². The highest BCUT2D eigenvalue weighted by atomic mass is 16.5. The van der Waals surface area contributed by atoms with Crippen LogP contribution >= 0.6 is 0 Å². The molecule has 2 aliphatic rings. The van der Waals surface area contributed by atoms with E-state index in [0.29, 0.717) is 18.6 Å². The summed E-state index contributed by atoms with van der Waals surface area (Å²) < 4.78 is 5.18. The van der Waals surface area contributed by atoms with Gasteiger partial charge >= 0.3 is 0 Å². The molecule has 0 radical (unpaired) electrons. The number of phenolic OH excluding ortho intramolecular Hbond substituents is 1. The molecule has 3 heteroatoms. The summed E-state index contributed by atoms with van der Waals surface area (Å²) in [7, 11) is 1.59. The molecule has 1 aromatic carbocycles. The number of allylic oxidation sites excluding steroid dienone is 2. The molecule has 0 fully saturated rings. The predicted molar refractivity (Wildman–Crippen MR) is 68.8 cm³/mol. The summed E-state index contributed by atoms with van der Waals surface area (Å²) in [4.78, 5) is 12.1. The molecule has 2 aliphatic carbocycles. The third kappa shape index (κ3) is 1.62. The number of benzene rings is 1. The van der Waals surface area contributed by atoms with Gasteiger partial charge in [-0.1, -0.05) is 0 Å². The van der Waals surface area contributed by atoms with Crippen LogP contribution < -0.4 is 4.74 Å². The fourth-order valence-electron chi connectivity index (χ4n) is 3.05. The molecule has 0 unspecified atom stereocenters. The molecule has 1 N–H and O–H groups in total. The molecule has 0 bridgehead atoms. The second-order valence-corrected chi connectivity index (χ2v) is 4.91. The number of aryl methyl sites for hydroxylation is 1. The highest BCUT2D eigenvalue weighted by Crippen LogP contribution is 2.44. The van der Waals surface area contributed by atoms with Crippen LogP contribution in [0.5, 0.6) is 11.5 Å². The van der Waals surface area contributed by atoms with E-state index in [1.54, 1.807) is 13.2 Å². The largest absolute Gasteiger partial charge is 0.507 e. The molecule has 0 aliphatic heterocycles. The van der Waals surface area contributed by atoms with Gasteiger partial charge in [0.05, 0.1) is 7.11 Å². The van der Waals surface area contributed by atoms with Crippen molar-refractivity contribution in [1.29, 1.82) is 0 Å². The van der Waals surface area contributed by atoms with E-state index in [1.165, 1.54) is 0 Å². The molecule has 1 aromatic rings. The lowest BCUT2D eigenvalue weighted by Gasteiger charge is -2.13. The molecule has 3 rings (SSSR count). The number of ether oxygens (including phenoxy) is 1. The Bertz CT molecular complexity index is 555. The zero-order valence-electron chi connectivity index (χ0n) is 10.5. The van der Waals surface area contributed by atoms with Crippen LogP contribution in [0.1, 0.15) is 36.8 Å². The third-order valence-corrected chi connectivity index (χ3v) is 3.89. The van der Waals surface area contributed by atoms with Crippen molar-refractivity contribution in [2.24, 2.45) is 0 Å². The SMILES string of the molecule is COc1cc(O)c2c(c1)CCC(=O)C1=C2CCC1. The van der Waals surface area contributed by atoms with E-state index in [1.807, 2.05) is 6.07 Å². The number of aromatic hydroxyl groups is 1. The summed E-state index contributed by atoms with van der Waals surface area (Å²) in [6, 6.07) is 3.58. The Hall–Kier alpha value is -1.77. The number of hydrogen-bond acceptors (Lipinski definition) is 3. The van der Waals surface area contributed by atoms with Crippen LogP contribution in [0.2, 0.25) is 0 Å². The van der Waals surface area contributed by atoms with Gasteiger partial charge in [-0.25, -0.2) is 0 Å². The number of hydrogen-bond donors (Lipinski definition) is 1. The lowest BCUT2D eigenvalue weighted by Crippen LogP contribution is -2.00. The molecule has 0 amide bonds. The van der Waals surface area contributed by atoms with Gasteiger partial charge < -0.3 is 9.84 Å². The number of methoxy groups -OCH3 is 1. The van der Waals surface area contributed by atoms with E-state index in [9.17, 15) is 9.90 Å². The Labute approximate surface area is 106 Å². The fourth-order valence-corrected chi connectivity index (χ4v) is 3.05. The van der Waals surface area contributed by atoms with Gasteiger partial charge in [-0.3, -0.25) is 4.79 Å². The van der Waals surface area contributed by atoms with E-state index in [2.05, 4.69) is 0 Å². The second kappa shape index (κ2) is 4.16. The third-order valence-electron chi connectivity index (χ3n) is 3.89. The standard InChI is InChI=1S/C15H16O3/c1-18-10-7-9-5-6-13(16)11-3-2-4-12(11)15(9)14(17)8-10/h7-8,17H,2-6H2,1H3. The minimum atomic E-state index is 0.244. The van der Waals surface area contributed by atoms with Gasteiger partial charge in [0.25, 0.3) is 0 Å². The number of ketones is 1. The molecular formula is C15H16O3. The van der Waals surface area contributed by atoms with Crippen molar-refractivity contribution >= 4 is 11.4 Å². The summed E-state index contributed by atoms with van der Waals surface area (Å²) in [6.45, 7) is 0. The summed E-state index contributed by atoms with van der Waals surface area (Å²) in [5, 5.41) is 10.2. The molecule has 3 nitrogen and oxygen atoms in total. The Morgan fingerprint density at radius 2 is 1.89 bits per heavy atom. The van der Waals surface area contributed by atoms with E-state index in [-0.39, 0.29) is 11.5 Å². The van der Waals surface area contributed by atoms with Gasteiger partial charge in [0.2, 0.25) is 0 Å². The highest BCUT2D eigenvalue weighted by Gasteiger charge is 2.28. The lowest BCUT2D eigenvalue weighted by molar-refractivity contribution is -0.115. The van der Waals surface area contributed by atoms with E-state index >= 15 is 0 Å². The first-order chi connectivity index (χ1) is 8.70. The van der Waals surface area contributed by atoms with Crippen LogP contribution in [0.3, 0.4) is 0 Å². The first-order valence-corrected chi connectivity index (χ1v) is 6.36. The molecule has 0 saturated heterocycles. The fraction of sp³-hybridized carbons (Fsp3) is 0.400. The summed E-state index contributed by atoms with van der Waals surface area (Å²) in [5.74, 6) is 1.14. The van der Waals surface area contributed by atoms with Gasteiger partial charge in [0, 0.05) is 18.1 Å². The quantitative estimate of drug-likeness (QED) is 0.826. The average Bonchev–Trinajstić information content (AvgIpc) is 2.79. The van der Waals surface area contributed by atoms with Crippen LogP contribution in [0.4, 0.5) is 0 Å². The minimum Gasteiger partial charge on any atom is -0.507 e. The Balaban J connectivity index is 2.22. The number of Topliss-reactive ketones (excluding diaryl/α,β-unsaturated/α-hetero) is 1. The van der Waals surface area contributed by atoms with Crippen LogP contribution in [0, 0.1) is 0 Å². The monoisotopic (exact) mass is 244 g/mol. The van der Waals surface area contributed by atoms with Gasteiger partial charge in [-0.05, 0) is 48.5 Å². The zero-order valence-corrected chi connectivity index (χ0v) is 10.5. The molecule has 0 atom stereocenters. The van der Waals surface area contributed by atoms with Crippen LogP contribution in [-0.2, 0) is 11.2 Å². The molecular weight excluding hydrogens is 228 g/mol. The molecule has 0 saturated carbocycles. The van der Waals surface area contributed by atoms with Crippen molar-refractivity contribution in [1.82, 2.24) is 0 Å². The minimum absolute atomic E-state index is 0.244. The molecule has 0 heterocycles. The lowest BCUT2D eigenvalue weighted by atomic mass is 9.96. The van der Waals surface area contributed by atoms with Crippen molar-refractivity contribution in [2.75, 3.05) is 7.11 Å². The van der Waals surface area contributed by atoms with Crippen LogP contribution in [-0.4, -0.2) is 18.0 Å². The summed E-state index contributed by atoms with van der Waals surface area (Å²) in [5.41, 5.74) is 3.92. The molecule has 0 aromatic heterocycles. The number of carbonyl (C=O) groups is 1. The van der Waals surface area contributed by atoms with Crippen molar-refractivity contribution < 1.29 is 14.6 Å². The molecule has 0 spiro atoms. The van der Waals surface area contributed by atoms with E-state index in [0.717, 1.165) is 41.5 Å². The highest BCUT2D eigenvalue weighted by molar-refractivity contribution is 6.05. The van der Waals surface area contributed by atoms with Crippen molar-refractivity contribution in [3.8, 4) is 11.5 Å². The number of fused-ring (bicyclic) bond motifs is 2. The zero-order chi connectivity index (χ0) is 12.7. The number of carbonyl (C=O) groups excluding carboxylic acids is 1. The first kappa shape index (κ1) is 11.3. The molecule has 18 heavy (non-hydrogen) atoms. The van der Waals surface area contributed by atoms with Crippen LogP contribution in [0.25, 0.3) is 5.57 Å². The predicted octanol–water partition coefficient (Wildman–Crippen LogP) is 2.85. The maximum atomic E-state index is 12.1. The average molecular weight is 244 g/mol.